The number of benzene rings is 1. The second-order valence-corrected chi connectivity index (χ2v) is 5.95. The molecule has 2 rings (SSSR count). The van der Waals surface area contributed by atoms with E-state index in [2.05, 4.69) is 59.4 Å². The highest BCUT2D eigenvalue weighted by Gasteiger charge is 2.26. The molecule has 2 N–H and O–H groups in total. The van der Waals surface area contributed by atoms with Crippen molar-refractivity contribution in [1.29, 1.82) is 0 Å². The maximum Gasteiger partial charge on any atom is 0.0585 e. The molecular formula is C17H29N3O. The quantitative estimate of drug-likeness (QED) is 0.795. The summed E-state index contributed by atoms with van der Waals surface area (Å²) in [4.78, 5) is 4.97. The Morgan fingerprint density at radius 3 is 2.71 bits per heavy atom. The lowest BCUT2D eigenvalue weighted by molar-refractivity contribution is 0.0828. The Morgan fingerprint density at radius 1 is 1.29 bits per heavy atom. The first-order valence-electron chi connectivity index (χ1n) is 8.06. The number of aliphatic hydroxyl groups is 1. The topological polar surface area (TPSA) is 38.7 Å². The summed E-state index contributed by atoms with van der Waals surface area (Å²) in [6.07, 6.45) is 0.997. The monoisotopic (exact) mass is 291 g/mol. The Labute approximate surface area is 128 Å². The van der Waals surface area contributed by atoms with Crippen LogP contribution < -0.4 is 5.32 Å². The molecule has 0 spiro atoms. The normalized spacial score (nSPS) is 22.3. The molecule has 0 radical (unpaired) electrons. The molecule has 0 bridgehead atoms. The second-order valence-electron chi connectivity index (χ2n) is 5.95. The van der Waals surface area contributed by atoms with Crippen LogP contribution in [0.2, 0.25) is 0 Å². The van der Waals surface area contributed by atoms with Crippen LogP contribution in [0.3, 0.4) is 0 Å². The predicted molar refractivity (Wildman–Crippen MR) is 87.4 cm³/mol. The van der Waals surface area contributed by atoms with Crippen LogP contribution in [0.1, 0.15) is 24.9 Å². The van der Waals surface area contributed by atoms with Gasteiger partial charge in [0.05, 0.1) is 6.61 Å². The third-order valence-corrected chi connectivity index (χ3v) is 4.36. The van der Waals surface area contributed by atoms with E-state index >= 15 is 0 Å². The zero-order chi connectivity index (χ0) is 15.1. The summed E-state index contributed by atoms with van der Waals surface area (Å²) >= 11 is 0. The zero-order valence-electron chi connectivity index (χ0n) is 13.3. The number of hydrogen-bond donors (Lipinski definition) is 2. The number of hydrogen-bond acceptors (Lipinski definition) is 4. The first-order chi connectivity index (χ1) is 10.2. The molecule has 2 unspecified atom stereocenters. The van der Waals surface area contributed by atoms with Crippen LogP contribution in [0, 0.1) is 0 Å². The van der Waals surface area contributed by atoms with Crippen molar-refractivity contribution in [2.24, 2.45) is 0 Å². The highest BCUT2D eigenvalue weighted by atomic mass is 16.3. The van der Waals surface area contributed by atoms with Gasteiger partial charge in [0, 0.05) is 38.3 Å². The van der Waals surface area contributed by atoms with Gasteiger partial charge in [-0.05, 0) is 25.6 Å². The van der Waals surface area contributed by atoms with Crippen LogP contribution in [0.15, 0.2) is 30.3 Å². The Hall–Kier alpha value is -0.940. The molecule has 1 aromatic rings. The van der Waals surface area contributed by atoms with Gasteiger partial charge in [-0.25, -0.2) is 0 Å². The van der Waals surface area contributed by atoms with E-state index in [0.717, 1.165) is 39.1 Å². The minimum Gasteiger partial charge on any atom is -0.395 e. The highest BCUT2D eigenvalue weighted by molar-refractivity contribution is 5.20. The van der Waals surface area contributed by atoms with Crippen LogP contribution in [-0.2, 0) is 0 Å². The molecule has 118 valence electrons. The van der Waals surface area contributed by atoms with E-state index in [1.807, 2.05) is 0 Å². The largest absolute Gasteiger partial charge is 0.395 e. The maximum atomic E-state index is 9.42. The molecule has 1 fully saturated rings. The fourth-order valence-electron chi connectivity index (χ4n) is 3.08. The van der Waals surface area contributed by atoms with Crippen molar-refractivity contribution in [3.8, 4) is 0 Å². The average Bonchev–Trinajstić information content (AvgIpc) is 2.53. The van der Waals surface area contributed by atoms with E-state index < -0.39 is 0 Å². The summed E-state index contributed by atoms with van der Waals surface area (Å²) in [5.74, 6) is 0. The molecule has 0 amide bonds. The van der Waals surface area contributed by atoms with Gasteiger partial charge in [-0.1, -0.05) is 37.3 Å². The molecule has 1 aromatic carbocycles. The summed E-state index contributed by atoms with van der Waals surface area (Å²) in [6.45, 7) is 7.55. The fourth-order valence-corrected chi connectivity index (χ4v) is 3.08. The van der Waals surface area contributed by atoms with Gasteiger partial charge >= 0.3 is 0 Å². The van der Waals surface area contributed by atoms with E-state index in [4.69, 9.17) is 0 Å². The third-order valence-electron chi connectivity index (χ3n) is 4.36. The van der Waals surface area contributed by atoms with Crippen LogP contribution in [0.5, 0.6) is 0 Å². The summed E-state index contributed by atoms with van der Waals surface area (Å²) in [5.41, 5.74) is 1.40. The van der Waals surface area contributed by atoms with Crippen LogP contribution >= 0.6 is 0 Å². The number of piperazine rings is 1. The molecule has 0 saturated carbocycles. The summed E-state index contributed by atoms with van der Waals surface area (Å²) in [7, 11) is 2.20. The van der Waals surface area contributed by atoms with Gasteiger partial charge in [-0.2, -0.15) is 0 Å². The van der Waals surface area contributed by atoms with Crippen molar-refractivity contribution in [2.75, 3.05) is 46.4 Å². The first kappa shape index (κ1) is 16.4. The second kappa shape index (κ2) is 8.49. The molecule has 21 heavy (non-hydrogen) atoms. The molecule has 1 aliphatic heterocycles. The van der Waals surface area contributed by atoms with Crippen molar-refractivity contribution in [2.45, 2.75) is 25.4 Å². The van der Waals surface area contributed by atoms with Crippen LogP contribution in [0.4, 0.5) is 0 Å². The molecular weight excluding hydrogens is 262 g/mol. The lowest BCUT2D eigenvalue weighted by atomic mass is 10.0. The molecule has 4 nitrogen and oxygen atoms in total. The fraction of sp³-hybridized carbons (Fsp3) is 0.647. The van der Waals surface area contributed by atoms with Crippen molar-refractivity contribution in [3.05, 3.63) is 35.9 Å². The molecule has 0 aromatic heterocycles. The molecule has 1 heterocycles. The van der Waals surface area contributed by atoms with Gasteiger partial charge in [-0.15, -0.1) is 0 Å². The maximum absolute atomic E-state index is 9.42. The average molecular weight is 291 g/mol. The standard InChI is InChI=1S/C17H29N3O/c1-3-18-16(14-21)9-10-20-12-11-19(2)13-17(20)15-7-5-4-6-8-15/h4-8,16-18,21H,3,9-14H2,1-2H3. The van der Waals surface area contributed by atoms with E-state index in [-0.39, 0.29) is 12.6 Å². The van der Waals surface area contributed by atoms with E-state index in [1.54, 1.807) is 0 Å². The Morgan fingerprint density at radius 2 is 2.05 bits per heavy atom. The summed E-state index contributed by atoms with van der Waals surface area (Å²) < 4.78 is 0. The first-order valence-corrected chi connectivity index (χ1v) is 8.06. The summed E-state index contributed by atoms with van der Waals surface area (Å²) in [6, 6.07) is 11.5. The van der Waals surface area contributed by atoms with Crippen LogP contribution in [0.25, 0.3) is 0 Å². The van der Waals surface area contributed by atoms with E-state index in [9.17, 15) is 5.11 Å². The van der Waals surface area contributed by atoms with Gasteiger partial charge in [0.15, 0.2) is 0 Å². The number of likely N-dealkylation sites (N-methyl/N-ethyl adjacent to an activating group) is 2. The smallest absolute Gasteiger partial charge is 0.0585 e. The molecule has 1 saturated heterocycles. The SMILES string of the molecule is CCNC(CO)CCN1CCN(C)CC1c1ccccc1. The van der Waals surface area contributed by atoms with Gasteiger partial charge in [0.2, 0.25) is 0 Å². The van der Waals surface area contributed by atoms with Gasteiger partial charge in [-0.3, -0.25) is 4.90 Å². The van der Waals surface area contributed by atoms with E-state index in [0.29, 0.717) is 6.04 Å². The number of aliphatic hydroxyl groups excluding tert-OH is 1. The minimum atomic E-state index is 0.214. The van der Waals surface area contributed by atoms with E-state index in [1.165, 1.54) is 5.56 Å². The van der Waals surface area contributed by atoms with Gasteiger partial charge < -0.3 is 15.3 Å². The lowest BCUT2D eigenvalue weighted by Gasteiger charge is -2.40. The van der Waals surface area contributed by atoms with Crippen molar-refractivity contribution < 1.29 is 5.11 Å². The Bertz CT molecular complexity index is 398. The molecule has 0 aliphatic carbocycles. The van der Waals surface area contributed by atoms with Crippen molar-refractivity contribution in [1.82, 2.24) is 15.1 Å². The Kier molecular flexibility index (Phi) is 6.64. The molecule has 4 heteroatoms. The predicted octanol–water partition coefficient (Wildman–Crippen LogP) is 1.34. The van der Waals surface area contributed by atoms with Gasteiger partial charge in [0.25, 0.3) is 0 Å². The molecule has 1 aliphatic rings. The number of nitrogens with zero attached hydrogens (tertiary/aromatic N) is 2. The van der Waals surface area contributed by atoms with Crippen molar-refractivity contribution in [3.63, 3.8) is 0 Å². The minimum absolute atomic E-state index is 0.214. The van der Waals surface area contributed by atoms with Gasteiger partial charge in [0.1, 0.15) is 0 Å². The third kappa shape index (κ3) is 4.78. The highest BCUT2D eigenvalue weighted by Crippen LogP contribution is 2.24. The lowest BCUT2D eigenvalue weighted by Crippen LogP contribution is -2.48. The number of rotatable bonds is 7. The zero-order valence-corrected chi connectivity index (χ0v) is 13.3. The summed E-state index contributed by atoms with van der Waals surface area (Å²) in [5, 5.41) is 12.8. The molecule has 2 atom stereocenters. The van der Waals surface area contributed by atoms with Crippen molar-refractivity contribution >= 4 is 0 Å². The van der Waals surface area contributed by atoms with Crippen LogP contribution in [-0.4, -0.2) is 67.3 Å². The Balaban J connectivity index is 1.98. The number of nitrogens with one attached hydrogen (secondary N) is 1.